The van der Waals surface area contributed by atoms with Crippen LogP contribution in [0.4, 0.5) is 10.4 Å². The molecule has 1 aliphatic carbocycles. The molecule has 3 heterocycles. The summed E-state index contributed by atoms with van der Waals surface area (Å²) in [6.45, 7) is 6.71. The monoisotopic (exact) mass is 539 g/mol. The number of halogens is 1. The molecule has 2 aliphatic heterocycles. The van der Waals surface area contributed by atoms with Crippen LogP contribution in [0.15, 0.2) is 28.8 Å². The second-order valence-corrected chi connectivity index (χ2v) is 11.3. The third kappa shape index (κ3) is 6.09. The molecular weight excluding hydrogens is 501 g/mol. The highest BCUT2D eigenvalue weighted by Crippen LogP contribution is 2.34. The van der Waals surface area contributed by atoms with Crippen molar-refractivity contribution >= 4 is 23.4 Å². The Kier molecular flexibility index (Phi) is 8.18. The SMILES string of the molecule is CC(C)c1noc(N2CCC(COc3ccc(C4=CCC(C(=O)N5CCC[C@H]5C(N)=O)CC4)cc3F)CC2)n1. The minimum absolute atomic E-state index is 0.00441. The molecule has 0 spiro atoms. The van der Waals surface area contributed by atoms with Crippen molar-refractivity contribution in [3.63, 3.8) is 0 Å². The van der Waals surface area contributed by atoms with Gasteiger partial charge in [-0.05, 0) is 74.1 Å². The summed E-state index contributed by atoms with van der Waals surface area (Å²) in [6.07, 6.45) is 7.22. The number of nitrogens with zero attached hydrogens (tertiary/aromatic N) is 4. The first kappa shape index (κ1) is 27.1. The van der Waals surface area contributed by atoms with E-state index in [1.165, 1.54) is 6.07 Å². The standard InChI is InChI=1S/C29H38FN5O4/c1-18(2)27-32-29(39-33-27)34-14-11-19(12-15-34)17-38-25-10-9-22(16-23(25)30)20-5-7-21(8-6-20)28(37)35-13-3-4-24(35)26(31)36/h5,9-10,16,18-19,21,24H,3-4,6-8,11-15,17H2,1-2H3,(H2,31,36)/t21?,24-/m0/s1. The topological polar surface area (TPSA) is 115 Å². The maximum atomic E-state index is 14.9. The number of piperidine rings is 1. The van der Waals surface area contributed by atoms with Crippen molar-refractivity contribution in [2.24, 2.45) is 17.6 Å². The highest BCUT2D eigenvalue weighted by Gasteiger charge is 2.36. The van der Waals surface area contributed by atoms with Crippen LogP contribution >= 0.6 is 0 Å². The first-order chi connectivity index (χ1) is 18.8. The van der Waals surface area contributed by atoms with Gasteiger partial charge in [0.05, 0.1) is 6.61 Å². The van der Waals surface area contributed by atoms with Gasteiger partial charge < -0.3 is 24.8 Å². The molecule has 210 valence electrons. The molecule has 0 bridgehead atoms. The number of nitrogens with two attached hydrogens (primary N) is 1. The third-order valence-corrected chi connectivity index (χ3v) is 8.23. The van der Waals surface area contributed by atoms with Crippen molar-refractivity contribution < 1.29 is 23.2 Å². The van der Waals surface area contributed by atoms with Crippen molar-refractivity contribution in [3.8, 4) is 5.75 Å². The first-order valence-electron chi connectivity index (χ1n) is 14.1. The fourth-order valence-corrected chi connectivity index (χ4v) is 5.79. The summed E-state index contributed by atoms with van der Waals surface area (Å²) in [5.41, 5.74) is 7.33. The Morgan fingerprint density at radius 3 is 2.62 bits per heavy atom. The van der Waals surface area contributed by atoms with Gasteiger partial charge in [-0.15, -0.1) is 0 Å². The molecule has 0 radical (unpaired) electrons. The minimum atomic E-state index is -0.486. The summed E-state index contributed by atoms with van der Waals surface area (Å²) in [7, 11) is 0. The maximum absolute atomic E-state index is 14.9. The zero-order valence-electron chi connectivity index (χ0n) is 22.8. The Morgan fingerprint density at radius 1 is 1.18 bits per heavy atom. The predicted octanol–water partition coefficient (Wildman–Crippen LogP) is 4.29. The van der Waals surface area contributed by atoms with Crippen LogP contribution in [0, 0.1) is 17.7 Å². The molecule has 2 aromatic rings. The number of aromatic nitrogens is 2. The molecule has 1 aromatic heterocycles. The molecule has 2 amide bonds. The van der Waals surface area contributed by atoms with Gasteiger partial charge in [-0.25, -0.2) is 4.39 Å². The lowest BCUT2D eigenvalue weighted by Gasteiger charge is -2.30. The number of rotatable bonds is 8. The molecule has 3 aliphatic rings. The predicted molar refractivity (Wildman–Crippen MR) is 144 cm³/mol. The Balaban J connectivity index is 1.11. The van der Waals surface area contributed by atoms with Crippen LogP contribution in [0.2, 0.25) is 0 Å². The second-order valence-electron chi connectivity index (χ2n) is 11.3. The molecular formula is C29H38FN5O4. The van der Waals surface area contributed by atoms with Crippen LogP contribution in [-0.4, -0.2) is 59.1 Å². The lowest BCUT2D eigenvalue weighted by Crippen LogP contribution is -2.46. The van der Waals surface area contributed by atoms with E-state index in [-0.39, 0.29) is 29.3 Å². The molecule has 10 heteroatoms. The Bertz CT molecular complexity index is 1220. The number of hydrogen-bond acceptors (Lipinski definition) is 7. The van der Waals surface area contributed by atoms with Gasteiger partial charge in [0.2, 0.25) is 11.8 Å². The van der Waals surface area contributed by atoms with Crippen LogP contribution in [0.25, 0.3) is 5.57 Å². The number of amides is 2. The molecule has 2 atom stereocenters. The van der Waals surface area contributed by atoms with Gasteiger partial charge >= 0.3 is 6.01 Å². The van der Waals surface area contributed by atoms with Gasteiger partial charge in [-0.3, -0.25) is 9.59 Å². The van der Waals surface area contributed by atoms with Crippen LogP contribution < -0.4 is 15.4 Å². The van der Waals surface area contributed by atoms with E-state index in [1.807, 2.05) is 26.0 Å². The van der Waals surface area contributed by atoms with E-state index in [9.17, 15) is 14.0 Å². The number of benzene rings is 1. The maximum Gasteiger partial charge on any atom is 0.324 e. The van der Waals surface area contributed by atoms with E-state index in [4.69, 9.17) is 15.0 Å². The summed E-state index contributed by atoms with van der Waals surface area (Å²) < 4.78 is 26.2. The molecule has 1 unspecified atom stereocenters. The summed E-state index contributed by atoms with van der Waals surface area (Å²) in [5.74, 6) is 0.561. The van der Waals surface area contributed by atoms with E-state index in [2.05, 4.69) is 15.0 Å². The first-order valence-corrected chi connectivity index (χ1v) is 14.1. The molecule has 2 fully saturated rings. The average Bonchev–Trinajstić information content (AvgIpc) is 3.63. The average molecular weight is 540 g/mol. The number of likely N-dealkylation sites (tertiary alicyclic amines) is 1. The summed E-state index contributed by atoms with van der Waals surface area (Å²) in [4.78, 5) is 32.9. The smallest absolute Gasteiger partial charge is 0.324 e. The Labute approximate surface area is 228 Å². The van der Waals surface area contributed by atoms with Crippen molar-refractivity contribution in [2.75, 3.05) is 31.1 Å². The molecule has 9 nitrogen and oxygen atoms in total. The fraction of sp³-hybridized carbons (Fsp3) is 0.586. The molecule has 2 saturated heterocycles. The van der Waals surface area contributed by atoms with Gasteiger partial charge in [-0.2, -0.15) is 4.98 Å². The number of ether oxygens (including phenoxy) is 1. The Hall–Kier alpha value is -3.43. The van der Waals surface area contributed by atoms with E-state index in [0.29, 0.717) is 56.6 Å². The fourth-order valence-electron chi connectivity index (χ4n) is 5.79. The van der Waals surface area contributed by atoms with E-state index in [1.54, 1.807) is 11.0 Å². The van der Waals surface area contributed by atoms with E-state index >= 15 is 0 Å². The number of hydrogen-bond donors (Lipinski definition) is 1. The van der Waals surface area contributed by atoms with Gasteiger partial charge in [0.1, 0.15) is 6.04 Å². The Morgan fingerprint density at radius 2 is 1.97 bits per heavy atom. The van der Waals surface area contributed by atoms with Crippen molar-refractivity contribution in [1.29, 1.82) is 0 Å². The van der Waals surface area contributed by atoms with Crippen LogP contribution in [0.1, 0.15) is 76.1 Å². The van der Waals surface area contributed by atoms with Crippen LogP contribution in [0.5, 0.6) is 5.75 Å². The highest BCUT2D eigenvalue weighted by molar-refractivity contribution is 5.88. The lowest BCUT2D eigenvalue weighted by atomic mass is 9.85. The highest BCUT2D eigenvalue weighted by atomic mass is 19.1. The van der Waals surface area contributed by atoms with Gasteiger partial charge in [0.15, 0.2) is 17.4 Å². The molecule has 2 N–H and O–H groups in total. The normalized spacial score (nSPS) is 22.3. The largest absolute Gasteiger partial charge is 0.490 e. The van der Waals surface area contributed by atoms with Gasteiger partial charge in [-0.1, -0.05) is 31.1 Å². The van der Waals surface area contributed by atoms with Gasteiger partial charge in [0.25, 0.3) is 0 Å². The van der Waals surface area contributed by atoms with Crippen LogP contribution in [-0.2, 0) is 9.59 Å². The third-order valence-electron chi connectivity index (χ3n) is 8.23. The van der Waals surface area contributed by atoms with Crippen molar-refractivity contribution in [3.05, 3.63) is 41.5 Å². The number of anilines is 1. The molecule has 0 saturated carbocycles. The number of carbonyl (C=O) groups is 2. The summed E-state index contributed by atoms with van der Waals surface area (Å²) >= 11 is 0. The van der Waals surface area contributed by atoms with Crippen molar-refractivity contribution in [1.82, 2.24) is 15.0 Å². The minimum Gasteiger partial charge on any atom is -0.490 e. The van der Waals surface area contributed by atoms with E-state index in [0.717, 1.165) is 43.5 Å². The number of primary amides is 1. The second kappa shape index (κ2) is 11.8. The van der Waals surface area contributed by atoms with Gasteiger partial charge in [0, 0.05) is 31.5 Å². The zero-order chi connectivity index (χ0) is 27.5. The number of allylic oxidation sites excluding steroid dienone is 2. The zero-order valence-corrected chi connectivity index (χ0v) is 22.8. The summed E-state index contributed by atoms with van der Waals surface area (Å²) in [6, 6.07) is 5.20. The lowest BCUT2D eigenvalue weighted by molar-refractivity contribution is -0.140. The quantitative estimate of drug-likeness (QED) is 0.532. The van der Waals surface area contributed by atoms with Crippen LogP contribution in [0.3, 0.4) is 0 Å². The molecule has 39 heavy (non-hydrogen) atoms. The molecule has 1 aromatic carbocycles. The van der Waals surface area contributed by atoms with Crippen molar-refractivity contribution in [2.45, 2.75) is 70.8 Å². The van der Waals surface area contributed by atoms with E-state index < -0.39 is 11.9 Å². The molecule has 5 rings (SSSR count). The number of carbonyl (C=O) groups excluding carboxylic acids is 2. The summed E-state index contributed by atoms with van der Waals surface area (Å²) in [5, 5.41) is 4.04.